The molecular weight excluding hydrogens is 282 g/mol. The third kappa shape index (κ3) is 4.05. The Bertz CT molecular complexity index is 503. The highest BCUT2D eigenvalue weighted by atomic mass is 16.5. The Balaban J connectivity index is 2.20. The zero-order chi connectivity index (χ0) is 15.9. The molecular formula is C16H23N3O3. The molecule has 0 radical (unpaired) electrons. The van der Waals surface area contributed by atoms with Gasteiger partial charge >= 0.3 is 0 Å². The number of ether oxygens (including phenoxy) is 1. The van der Waals surface area contributed by atoms with Crippen LogP contribution in [0.1, 0.15) is 24.4 Å². The van der Waals surface area contributed by atoms with Gasteiger partial charge in [-0.3, -0.25) is 9.59 Å². The maximum absolute atomic E-state index is 12.6. The van der Waals surface area contributed by atoms with Gasteiger partial charge in [-0.2, -0.15) is 0 Å². The van der Waals surface area contributed by atoms with Crippen LogP contribution in [0.15, 0.2) is 30.3 Å². The van der Waals surface area contributed by atoms with Crippen LogP contribution in [0.2, 0.25) is 0 Å². The molecule has 1 aliphatic heterocycles. The topological polar surface area (TPSA) is 84.7 Å². The summed E-state index contributed by atoms with van der Waals surface area (Å²) in [5.41, 5.74) is 6.56. The molecule has 1 aromatic carbocycles. The van der Waals surface area contributed by atoms with E-state index in [1.54, 1.807) is 12.0 Å². The zero-order valence-electron chi connectivity index (χ0n) is 12.8. The van der Waals surface area contributed by atoms with E-state index in [-0.39, 0.29) is 36.8 Å². The van der Waals surface area contributed by atoms with Gasteiger partial charge in [-0.05, 0) is 5.56 Å². The first-order chi connectivity index (χ1) is 10.7. The number of benzene rings is 1. The van der Waals surface area contributed by atoms with Crippen molar-refractivity contribution in [2.75, 3.05) is 26.7 Å². The maximum Gasteiger partial charge on any atom is 0.225 e. The molecule has 1 aliphatic rings. The predicted octanol–water partition coefficient (Wildman–Crippen LogP) is 0.440. The molecule has 6 nitrogen and oxygen atoms in total. The summed E-state index contributed by atoms with van der Waals surface area (Å²) < 4.78 is 5.20. The number of hydrogen-bond donors (Lipinski definition) is 2. The normalized spacial score (nSPS) is 20.2. The Morgan fingerprint density at radius 2 is 2.18 bits per heavy atom. The van der Waals surface area contributed by atoms with Crippen LogP contribution in [0.5, 0.6) is 0 Å². The Morgan fingerprint density at radius 3 is 2.82 bits per heavy atom. The fourth-order valence-corrected chi connectivity index (χ4v) is 2.68. The number of rotatable bonds is 5. The van der Waals surface area contributed by atoms with E-state index in [1.807, 2.05) is 30.3 Å². The van der Waals surface area contributed by atoms with E-state index in [1.165, 1.54) is 0 Å². The predicted molar refractivity (Wildman–Crippen MR) is 83.0 cm³/mol. The molecule has 1 fully saturated rings. The van der Waals surface area contributed by atoms with E-state index >= 15 is 0 Å². The quantitative estimate of drug-likeness (QED) is 0.827. The largest absolute Gasteiger partial charge is 0.380 e. The minimum absolute atomic E-state index is 0.0359. The lowest BCUT2D eigenvalue weighted by molar-refractivity contribution is -0.136. The van der Waals surface area contributed by atoms with E-state index in [0.717, 1.165) is 5.56 Å². The van der Waals surface area contributed by atoms with Gasteiger partial charge in [-0.25, -0.2) is 0 Å². The van der Waals surface area contributed by atoms with E-state index in [2.05, 4.69) is 5.32 Å². The molecule has 1 heterocycles. The molecule has 2 amide bonds. The van der Waals surface area contributed by atoms with Crippen LogP contribution in [-0.2, 0) is 14.3 Å². The molecule has 1 saturated heterocycles. The van der Waals surface area contributed by atoms with Gasteiger partial charge in [0.25, 0.3) is 0 Å². The number of hydrogen-bond acceptors (Lipinski definition) is 4. The Kier molecular flexibility index (Phi) is 5.91. The molecule has 6 heteroatoms. The lowest BCUT2D eigenvalue weighted by Gasteiger charge is -2.30. The summed E-state index contributed by atoms with van der Waals surface area (Å²) in [6.07, 6.45) is 0.205. The van der Waals surface area contributed by atoms with Crippen molar-refractivity contribution < 1.29 is 14.3 Å². The highest BCUT2D eigenvalue weighted by Gasteiger charge is 2.30. The van der Waals surface area contributed by atoms with Gasteiger partial charge in [0.1, 0.15) is 0 Å². The molecule has 22 heavy (non-hydrogen) atoms. The minimum atomic E-state index is -0.296. The summed E-state index contributed by atoms with van der Waals surface area (Å²) in [7, 11) is 1.55. The SMILES string of the molecule is COC(CN)CC(=O)N1CCNC(=O)CC1c1ccccc1. The minimum Gasteiger partial charge on any atom is -0.380 e. The number of carbonyl (C=O) groups is 2. The lowest BCUT2D eigenvalue weighted by atomic mass is 10.0. The molecule has 0 aliphatic carbocycles. The van der Waals surface area contributed by atoms with Gasteiger partial charge < -0.3 is 20.7 Å². The number of carbonyl (C=O) groups excluding carboxylic acids is 2. The highest BCUT2D eigenvalue weighted by Crippen LogP contribution is 2.26. The third-order valence-corrected chi connectivity index (χ3v) is 3.93. The van der Waals surface area contributed by atoms with Crippen LogP contribution >= 0.6 is 0 Å². The van der Waals surface area contributed by atoms with Crippen molar-refractivity contribution in [1.82, 2.24) is 10.2 Å². The Morgan fingerprint density at radius 1 is 1.45 bits per heavy atom. The molecule has 120 valence electrons. The summed E-state index contributed by atoms with van der Waals surface area (Å²) in [6.45, 7) is 1.25. The summed E-state index contributed by atoms with van der Waals surface area (Å²) >= 11 is 0. The second-order valence-electron chi connectivity index (χ2n) is 5.37. The van der Waals surface area contributed by atoms with Gasteiger partial charge in [0.15, 0.2) is 0 Å². The first-order valence-electron chi connectivity index (χ1n) is 7.49. The number of nitrogens with one attached hydrogen (secondary N) is 1. The Hall–Kier alpha value is -1.92. The van der Waals surface area contributed by atoms with Crippen molar-refractivity contribution in [3.63, 3.8) is 0 Å². The van der Waals surface area contributed by atoms with E-state index in [0.29, 0.717) is 19.6 Å². The van der Waals surface area contributed by atoms with Crippen LogP contribution in [0.25, 0.3) is 0 Å². The molecule has 0 bridgehead atoms. The molecule has 3 N–H and O–H groups in total. The summed E-state index contributed by atoms with van der Waals surface area (Å²) in [5, 5.41) is 2.82. The third-order valence-electron chi connectivity index (χ3n) is 3.93. The fraction of sp³-hybridized carbons (Fsp3) is 0.500. The Labute approximate surface area is 130 Å². The molecule has 2 rings (SSSR count). The van der Waals surface area contributed by atoms with Gasteiger partial charge in [0.2, 0.25) is 11.8 Å². The highest BCUT2D eigenvalue weighted by molar-refractivity contribution is 5.81. The van der Waals surface area contributed by atoms with Crippen molar-refractivity contribution in [3.8, 4) is 0 Å². The van der Waals surface area contributed by atoms with Crippen molar-refractivity contribution in [2.45, 2.75) is 25.0 Å². The summed E-state index contributed by atoms with van der Waals surface area (Å²) in [5.74, 6) is -0.0751. The van der Waals surface area contributed by atoms with Gasteiger partial charge in [-0.1, -0.05) is 30.3 Å². The van der Waals surface area contributed by atoms with Crippen LogP contribution in [-0.4, -0.2) is 49.6 Å². The standard InChI is InChI=1S/C16H23N3O3/c1-22-13(11-17)9-16(21)19-8-7-18-15(20)10-14(19)12-5-3-2-4-6-12/h2-6,13-14H,7-11,17H2,1H3,(H,18,20). The second-order valence-corrected chi connectivity index (χ2v) is 5.37. The number of methoxy groups -OCH3 is 1. The molecule has 0 saturated carbocycles. The van der Waals surface area contributed by atoms with Crippen LogP contribution in [0, 0.1) is 0 Å². The second kappa shape index (κ2) is 7.91. The summed E-state index contributed by atoms with van der Waals surface area (Å²) in [6, 6.07) is 9.39. The maximum atomic E-state index is 12.6. The lowest BCUT2D eigenvalue weighted by Crippen LogP contribution is -2.39. The summed E-state index contributed by atoms with van der Waals surface area (Å²) in [4.78, 5) is 26.3. The molecule has 1 aromatic rings. The van der Waals surface area contributed by atoms with Gasteiger partial charge in [0.05, 0.1) is 25.0 Å². The van der Waals surface area contributed by atoms with Crippen molar-refractivity contribution in [1.29, 1.82) is 0 Å². The van der Waals surface area contributed by atoms with Crippen LogP contribution < -0.4 is 11.1 Å². The van der Waals surface area contributed by atoms with Crippen molar-refractivity contribution >= 4 is 11.8 Å². The first kappa shape index (κ1) is 16.5. The molecule has 0 aromatic heterocycles. The fourth-order valence-electron chi connectivity index (χ4n) is 2.68. The smallest absolute Gasteiger partial charge is 0.225 e. The van der Waals surface area contributed by atoms with Crippen LogP contribution in [0.4, 0.5) is 0 Å². The zero-order valence-corrected chi connectivity index (χ0v) is 12.8. The molecule has 2 unspecified atom stereocenters. The monoisotopic (exact) mass is 305 g/mol. The average molecular weight is 305 g/mol. The average Bonchev–Trinajstić information content (AvgIpc) is 2.75. The molecule has 2 atom stereocenters. The van der Waals surface area contributed by atoms with E-state index in [4.69, 9.17) is 10.5 Å². The van der Waals surface area contributed by atoms with Crippen molar-refractivity contribution in [3.05, 3.63) is 35.9 Å². The first-order valence-corrected chi connectivity index (χ1v) is 7.49. The number of nitrogens with zero attached hydrogens (tertiary/aromatic N) is 1. The number of amides is 2. The number of nitrogens with two attached hydrogens (primary N) is 1. The van der Waals surface area contributed by atoms with Gasteiger partial charge in [0, 0.05) is 26.7 Å². The van der Waals surface area contributed by atoms with Gasteiger partial charge in [-0.15, -0.1) is 0 Å². The van der Waals surface area contributed by atoms with Crippen molar-refractivity contribution in [2.24, 2.45) is 5.73 Å². The van der Waals surface area contributed by atoms with E-state index in [9.17, 15) is 9.59 Å². The van der Waals surface area contributed by atoms with E-state index < -0.39 is 0 Å². The molecule has 0 spiro atoms. The van der Waals surface area contributed by atoms with Crippen LogP contribution in [0.3, 0.4) is 0 Å².